The minimum Gasteiger partial charge on any atom is -0.311 e. The van der Waals surface area contributed by atoms with Crippen LogP contribution in [0.3, 0.4) is 0 Å². The Bertz CT molecular complexity index is 399. The van der Waals surface area contributed by atoms with E-state index in [9.17, 15) is 8.78 Å². The summed E-state index contributed by atoms with van der Waals surface area (Å²) >= 11 is 1.97. The fourth-order valence-corrected chi connectivity index (χ4v) is 3.81. The molecule has 0 atom stereocenters. The number of hydrogen-bond acceptors (Lipinski definition) is 2. The molecule has 4 heteroatoms. The standard InChI is InChI=1S/C16H23F2NS/c1-20-16(9-3-2-4-10-16)12-19-11-13-5-7-14(8-6-13)15(17)18/h5-8,15,19H,2-4,9-12H2,1H3. The Hall–Kier alpha value is -0.610. The maximum atomic E-state index is 12.5. The van der Waals surface area contributed by atoms with Crippen LogP contribution in [0.25, 0.3) is 0 Å². The first kappa shape index (κ1) is 15.8. The van der Waals surface area contributed by atoms with Crippen molar-refractivity contribution in [1.29, 1.82) is 0 Å². The van der Waals surface area contributed by atoms with Crippen molar-refractivity contribution >= 4 is 11.8 Å². The van der Waals surface area contributed by atoms with Gasteiger partial charge in [0.15, 0.2) is 0 Å². The fraction of sp³-hybridized carbons (Fsp3) is 0.625. The first-order valence-corrected chi connectivity index (χ1v) is 8.50. The molecule has 0 aromatic heterocycles. The second-order valence-corrected chi connectivity index (χ2v) is 6.87. The van der Waals surface area contributed by atoms with Gasteiger partial charge in [0.1, 0.15) is 0 Å². The predicted octanol–water partition coefficient (Wildman–Crippen LogP) is 4.78. The van der Waals surface area contributed by atoms with Crippen LogP contribution in [0.4, 0.5) is 8.78 Å². The Morgan fingerprint density at radius 3 is 2.35 bits per heavy atom. The minimum atomic E-state index is -2.38. The molecule has 1 saturated carbocycles. The predicted molar refractivity (Wildman–Crippen MR) is 82.4 cm³/mol. The molecule has 1 fully saturated rings. The van der Waals surface area contributed by atoms with Gasteiger partial charge in [0.25, 0.3) is 6.43 Å². The van der Waals surface area contributed by atoms with Gasteiger partial charge in [-0.3, -0.25) is 0 Å². The summed E-state index contributed by atoms with van der Waals surface area (Å²) in [5.41, 5.74) is 1.17. The van der Waals surface area contributed by atoms with Crippen molar-refractivity contribution < 1.29 is 8.78 Å². The van der Waals surface area contributed by atoms with E-state index in [1.54, 1.807) is 12.1 Å². The smallest absolute Gasteiger partial charge is 0.263 e. The number of rotatable bonds is 6. The van der Waals surface area contributed by atoms with E-state index in [1.807, 2.05) is 11.8 Å². The van der Waals surface area contributed by atoms with E-state index in [1.165, 1.54) is 44.2 Å². The van der Waals surface area contributed by atoms with Crippen LogP contribution in [0, 0.1) is 0 Å². The van der Waals surface area contributed by atoms with E-state index in [0.29, 0.717) is 4.75 Å². The minimum absolute atomic E-state index is 0.0987. The second-order valence-electron chi connectivity index (χ2n) is 5.59. The van der Waals surface area contributed by atoms with Crippen molar-refractivity contribution in [3.05, 3.63) is 35.4 Å². The SMILES string of the molecule is CSC1(CNCc2ccc(C(F)F)cc2)CCCCC1. The molecule has 1 aliphatic carbocycles. The summed E-state index contributed by atoms with van der Waals surface area (Å²) in [5, 5.41) is 3.50. The molecule has 0 amide bonds. The van der Waals surface area contributed by atoms with Crippen LogP contribution in [0.5, 0.6) is 0 Å². The molecule has 0 aliphatic heterocycles. The zero-order chi connectivity index (χ0) is 14.4. The average Bonchev–Trinajstić information content (AvgIpc) is 2.49. The molecule has 1 aromatic rings. The summed E-state index contributed by atoms with van der Waals surface area (Å²) in [6.45, 7) is 1.76. The Labute approximate surface area is 124 Å². The summed E-state index contributed by atoms with van der Waals surface area (Å²) in [4.78, 5) is 0. The summed E-state index contributed by atoms with van der Waals surface area (Å²) in [5.74, 6) is 0. The van der Waals surface area contributed by atoms with Gasteiger partial charge >= 0.3 is 0 Å². The summed E-state index contributed by atoms with van der Waals surface area (Å²) in [6.07, 6.45) is 6.40. The molecule has 1 aliphatic rings. The van der Waals surface area contributed by atoms with Crippen molar-refractivity contribution in [2.45, 2.75) is 49.8 Å². The number of nitrogens with one attached hydrogen (secondary N) is 1. The quantitative estimate of drug-likeness (QED) is 0.811. The molecule has 0 saturated heterocycles. The Morgan fingerprint density at radius 1 is 1.15 bits per heavy atom. The van der Waals surface area contributed by atoms with Crippen molar-refractivity contribution in [2.75, 3.05) is 12.8 Å². The molecule has 0 spiro atoms. The van der Waals surface area contributed by atoms with Gasteiger partial charge in [-0.25, -0.2) is 8.78 Å². The first-order valence-electron chi connectivity index (χ1n) is 7.28. The van der Waals surface area contributed by atoms with Gasteiger partial charge < -0.3 is 5.32 Å². The number of benzene rings is 1. The Kier molecular flexibility index (Phi) is 5.85. The Morgan fingerprint density at radius 2 is 1.80 bits per heavy atom. The first-order chi connectivity index (χ1) is 9.65. The topological polar surface area (TPSA) is 12.0 Å². The van der Waals surface area contributed by atoms with Crippen LogP contribution in [0.1, 0.15) is 49.7 Å². The van der Waals surface area contributed by atoms with Crippen molar-refractivity contribution in [1.82, 2.24) is 5.32 Å². The molecule has 2 rings (SSSR count). The van der Waals surface area contributed by atoms with Crippen molar-refractivity contribution in [3.63, 3.8) is 0 Å². The van der Waals surface area contributed by atoms with Crippen LogP contribution in [-0.2, 0) is 6.54 Å². The molecular weight excluding hydrogens is 276 g/mol. The van der Waals surface area contributed by atoms with Crippen molar-refractivity contribution in [3.8, 4) is 0 Å². The molecule has 1 N–H and O–H groups in total. The number of thioether (sulfide) groups is 1. The van der Waals surface area contributed by atoms with Gasteiger partial charge in [-0.05, 0) is 24.7 Å². The zero-order valence-electron chi connectivity index (χ0n) is 12.0. The highest BCUT2D eigenvalue weighted by Gasteiger charge is 2.30. The normalized spacial score (nSPS) is 18.4. The zero-order valence-corrected chi connectivity index (χ0v) is 12.8. The third-order valence-electron chi connectivity index (χ3n) is 4.21. The van der Waals surface area contributed by atoms with Gasteiger partial charge in [0.2, 0.25) is 0 Å². The maximum absolute atomic E-state index is 12.5. The fourth-order valence-electron chi connectivity index (χ4n) is 2.86. The molecular formula is C16H23F2NS. The van der Waals surface area contributed by atoms with E-state index in [0.717, 1.165) is 18.7 Å². The molecule has 1 aromatic carbocycles. The van der Waals surface area contributed by atoms with E-state index in [4.69, 9.17) is 0 Å². The van der Waals surface area contributed by atoms with Gasteiger partial charge in [0.05, 0.1) is 0 Å². The second kappa shape index (κ2) is 7.41. The largest absolute Gasteiger partial charge is 0.311 e. The van der Waals surface area contributed by atoms with Gasteiger partial charge in [0, 0.05) is 23.4 Å². The van der Waals surface area contributed by atoms with Crippen LogP contribution in [0.2, 0.25) is 0 Å². The summed E-state index contributed by atoms with van der Waals surface area (Å²) in [6, 6.07) is 6.63. The molecule has 0 heterocycles. The molecule has 20 heavy (non-hydrogen) atoms. The lowest BCUT2D eigenvalue weighted by Gasteiger charge is -2.36. The molecule has 0 radical (unpaired) electrons. The molecule has 0 bridgehead atoms. The average molecular weight is 299 g/mol. The van der Waals surface area contributed by atoms with E-state index >= 15 is 0 Å². The van der Waals surface area contributed by atoms with Crippen LogP contribution in [0.15, 0.2) is 24.3 Å². The number of halogens is 2. The summed E-state index contributed by atoms with van der Waals surface area (Å²) < 4.78 is 25.3. The van der Waals surface area contributed by atoms with Crippen LogP contribution in [-0.4, -0.2) is 17.5 Å². The van der Waals surface area contributed by atoms with Crippen LogP contribution < -0.4 is 5.32 Å². The van der Waals surface area contributed by atoms with E-state index in [-0.39, 0.29) is 5.56 Å². The highest BCUT2D eigenvalue weighted by Crippen LogP contribution is 2.37. The molecule has 112 valence electrons. The van der Waals surface area contributed by atoms with Crippen LogP contribution >= 0.6 is 11.8 Å². The van der Waals surface area contributed by atoms with Gasteiger partial charge in [-0.2, -0.15) is 11.8 Å². The Balaban J connectivity index is 1.82. The lowest BCUT2D eigenvalue weighted by atomic mass is 9.88. The third-order valence-corrected chi connectivity index (χ3v) is 5.62. The van der Waals surface area contributed by atoms with E-state index < -0.39 is 6.43 Å². The van der Waals surface area contributed by atoms with Gasteiger partial charge in [-0.1, -0.05) is 43.5 Å². The molecule has 0 unspecified atom stereocenters. The van der Waals surface area contributed by atoms with Gasteiger partial charge in [-0.15, -0.1) is 0 Å². The van der Waals surface area contributed by atoms with E-state index in [2.05, 4.69) is 11.6 Å². The highest BCUT2D eigenvalue weighted by molar-refractivity contribution is 8.00. The number of alkyl halides is 2. The summed E-state index contributed by atoms with van der Waals surface area (Å²) in [7, 11) is 0. The highest BCUT2D eigenvalue weighted by atomic mass is 32.2. The lowest BCUT2D eigenvalue weighted by molar-refractivity contribution is 0.151. The molecule has 1 nitrogen and oxygen atoms in total. The maximum Gasteiger partial charge on any atom is 0.263 e. The number of hydrogen-bond donors (Lipinski definition) is 1. The lowest BCUT2D eigenvalue weighted by Crippen LogP contribution is -2.39. The third kappa shape index (κ3) is 4.19. The monoisotopic (exact) mass is 299 g/mol. The van der Waals surface area contributed by atoms with Crippen molar-refractivity contribution in [2.24, 2.45) is 0 Å².